The van der Waals surface area contributed by atoms with Crippen LogP contribution in [0.4, 0.5) is 8.78 Å². The van der Waals surface area contributed by atoms with Crippen LogP contribution >= 0.6 is 0 Å². The van der Waals surface area contributed by atoms with Crippen molar-refractivity contribution >= 4 is 43.6 Å². The SMILES string of the molecule is Cc1cc(F)cc(-c2cc(C(C)(C)CC(C)(C)C)cc(-n3c4cc(C(C)(C)C)ccc4c4ccc(C(C)(C)C)cc43)c2O)c1OCC[C@@H](C)Oc1c(C)cc(F)cc1-c1cc(C(C)(C)CC(C)(C)C)cc(-n2c3cc(C(C)(C)C)ccc3c3ccc(C(C)(C)C)cc32)c1O. The number of benzene rings is 8. The third-order valence-corrected chi connectivity index (χ3v) is 19.3. The third kappa shape index (κ3) is 13.8. The van der Waals surface area contributed by atoms with Gasteiger partial charge in [-0.2, -0.15) is 0 Å². The zero-order chi connectivity index (χ0) is 69.3. The second-order valence-corrected chi connectivity index (χ2v) is 35.4. The van der Waals surface area contributed by atoms with E-state index in [0.29, 0.717) is 62.7 Å². The molecule has 8 heteroatoms. The molecule has 0 saturated carbocycles. The van der Waals surface area contributed by atoms with E-state index in [-0.39, 0.29) is 50.6 Å². The van der Waals surface area contributed by atoms with Crippen molar-refractivity contribution < 1.29 is 28.5 Å². The van der Waals surface area contributed by atoms with Gasteiger partial charge in [-0.05, 0) is 194 Å². The van der Waals surface area contributed by atoms with Crippen molar-refractivity contribution in [3.63, 3.8) is 0 Å². The molecule has 2 heterocycles. The molecular weight excluding hydrogens is 1160 g/mol. The highest BCUT2D eigenvalue weighted by molar-refractivity contribution is 6.11. The molecule has 0 aliphatic carbocycles. The highest BCUT2D eigenvalue weighted by Gasteiger charge is 2.35. The number of rotatable bonds is 14. The van der Waals surface area contributed by atoms with Gasteiger partial charge in [-0.1, -0.05) is 201 Å². The molecule has 2 aromatic heterocycles. The lowest BCUT2D eigenvalue weighted by molar-refractivity contribution is 0.176. The molecule has 8 aromatic carbocycles. The topological polar surface area (TPSA) is 68.8 Å². The van der Waals surface area contributed by atoms with Crippen LogP contribution in [0.1, 0.15) is 223 Å². The average molecular weight is 1270 g/mol. The molecule has 0 radical (unpaired) electrons. The summed E-state index contributed by atoms with van der Waals surface area (Å²) < 4.78 is 51.2. The van der Waals surface area contributed by atoms with Gasteiger partial charge in [0.25, 0.3) is 0 Å². The zero-order valence-corrected chi connectivity index (χ0v) is 61.3. The minimum absolute atomic E-state index is 0.0151. The summed E-state index contributed by atoms with van der Waals surface area (Å²) in [6.45, 7) is 55.0. The first-order chi connectivity index (χ1) is 43.2. The van der Waals surface area contributed by atoms with Crippen LogP contribution in [-0.2, 0) is 32.5 Å². The van der Waals surface area contributed by atoms with Crippen LogP contribution in [0.5, 0.6) is 23.0 Å². The average Bonchev–Trinajstić information content (AvgIpc) is 1.52. The van der Waals surface area contributed by atoms with Gasteiger partial charge in [0.1, 0.15) is 34.6 Å². The fraction of sp³-hybridized carbons (Fsp3) is 0.442. The fourth-order valence-electron chi connectivity index (χ4n) is 14.8. The quantitative estimate of drug-likeness (QED) is 0.114. The van der Waals surface area contributed by atoms with Gasteiger partial charge in [0, 0.05) is 50.2 Å². The Morgan fingerprint density at radius 1 is 0.383 bits per heavy atom. The Morgan fingerprint density at radius 3 is 1.00 bits per heavy atom. The van der Waals surface area contributed by atoms with E-state index in [1.165, 1.54) is 46.5 Å². The number of hydrogen-bond acceptors (Lipinski definition) is 4. The summed E-state index contributed by atoms with van der Waals surface area (Å²) in [6.07, 6.45) is 1.54. The summed E-state index contributed by atoms with van der Waals surface area (Å²) in [5.74, 6) is 0.0405. The van der Waals surface area contributed by atoms with E-state index in [9.17, 15) is 10.2 Å². The predicted octanol–water partition coefficient (Wildman–Crippen LogP) is 24.4. The molecule has 0 aliphatic heterocycles. The van der Waals surface area contributed by atoms with Gasteiger partial charge < -0.3 is 28.8 Å². The lowest BCUT2D eigenvalue weighted by Crippen LogP contribution is -2.25. The number of aryl methyl sites for hydroxylation is 2. The molecule has 10 aromatic rings. The van der Waals surface area contributed by atoms with Crippen LogP contribution in [0.15, 0.2) is 121 Å². The molecule has 0 amide bonds. The van der Waals surface area contributed by atoms with Crippen LogP contribution in [0, 0.1) is 36.3 Å². The van der Waals surface area contributed by atoms with E-state index in [2.05, 4.69) is 246 Å². The van der Waals surface area contributed by atoms with Gasteiger partial charge in [0.05, 0.1) is 46.2 Å². The predicted molar refractivity (Wildman–Crippen MR) is 394 cm³/mol. The number of aromatic hydroxyl groups is 2. The normalized spacial score (nSPS) is 13.7. The Kier molecular flexibility index (Phi) is 17.6. The lowest BCUT2D eigenvalue weighted by atomic mass is 9.71. The number of ether oxygens (including phenoxy) is 2. The summed E-state index contributed by atoms with van der Waals surface area (Å²) in [6, 6.07) is 41.1. The molecule has 0 bridgehead atoms. The fourth-order valence-corrected chi connectivity index (χ4v) is 14.8. The number of nitrogens with zero attached hydrogens (tertiary/aromatic N) is 2. The van der Waals surface area contributed by atoms with Crippen LogP contribution in [0.2, 0.25) is 0 Å². The largest absolute Gasteiger partial charge is 0.505 e. The Balaban J connectivity index is 1.09. The van der Waals surface area contributed by atoms with Crippen LogP contribution in [0.25, 0.3) is 77.2 Å². The molecule has 0 unspecified atom stereocenters. The van der Waals surface area contributed by atoms with Crippen LogP contribution in [0.3, 0.4) is 0 Å². The molecule has 10 rings (SSSR count). The van der Waals surface area contributed by atoms with Crippen molar-refractivity contribution in [3.8, 4) is 56.6 Å². The monoisotopic (exact) mass is 1270 g/mol. The number of halogens is 2. The summed E-state index contributed by atoms with van der Waals surface area (Å²) in [5, 5.41) is 30.9. The maximum Gasteiger partial charge on any atom is 0.147 e. The molecule has 0 fully saturated rings. The van der Waals surface area contributed by atoms with Crippen LogP contribution < -0.4 is 9.47 Å². The molecule has 6 nitrogen and oxygen atoms in total. The number of aromatic nitrogens is 2. The smallest absolute Gasteiger partial charge is 0.147 e. The highest BCUT2D eigenvalue weighted by Crippen LogP contribution is 2.52. The minimum atomic E-state index is -0.494. The maximum atomic E-state index is 16.4. The van der Waals surface area contributed by atoms with E-state index in [1.54, 1.807) is 0 Å². The Hall–Kier alpha value is -7.58. The summed E-state index contributed by atoms with van der Waals surface area (Å²) >= 11 is 0. The van der Waals surface area contributed by atoms with Gasteiger partial charge >= 0.3 is 0 Å². The Labute approximate surface area is 560 Å². The van der Waals surface area contributed by atoms with Gasteiger partial charge in [0.15, 0.2) is 0 Å². The van der Waals surface area contributed by atoms with E-state index < -0.39 is 28.6 Å². The number of phenols is 2. The third-order valence-electron chi connectivity index (χ3n) is 19.3. The summed E-state index contributed by atoms with van der Waals surface area (Å²) in [4.78, 5) is 0. The van der Waals surface area contributed by atoms with Gasteiger partial charge in [-0.25, -0.2) is 8.78 Å². The number of fused-ring (bicyclic) bond motifs is 6. The zero-order valence-electron chi connectivity index (χ0n) is 61.3. The van der Waals surface area contributed by atoms with Crippen molar-refractivity contribution in [1.82, 2.24) is 9.13 Å². The van der Waals surface area contributed by atoms with Crippen LogP contribution in [-0.4, -0.2) is 32.1 Å². The first kappa shape index (κ1) is 69.3. The second kappa shape index (κ2) is 24.0. The maximum absolute atomic E-state index is 16.4. The highest BCUT2D eigenvalue weighted by atomic mass is 19.1. The molecule has 94 heavy (non-hydrogen) atoms. The first-order valence-electron chi connectivity index (χ1n) is 34.1. The summed E-state index contributed by atoms with van der Waals surface area (Å²) in [7, 11) is 0. The van der Waals surface area contributed by atoms with E-state index in [1.807, 2.05) is 32.9 Å². The van der Waals surface area contributed by atoms with E-state index in [0.717, 1.165) is 67.6 Å². The lowest BCUT2D eigenvalue weighted by Gasteiger charge is -2.34. The molecular formula is C86H106F2N2O4. The van der Waals surface area contributed by atoms with Gasteiger partial charge in [0.2, 0.25) is 0 Å². The van der Waals surface area contributed by atoms with Gasteiger partial charge in [-0.3, -0.25) is 0 Å². The minimum Gasteiger partial charge on any atom is -0.505 e. The van der Waals surface area contributed by atoms with Crippen molar-refractivity contribution in [2.75, 3.05) is 6.61 Å². The molecule has 0 aliphatic rings. The van der Waals surface area contributed by atoms with Crippen molar-refractivity contribution in [2.45, 2.75) is 231 Å². The Bertz CT molecular complexity index is 4440. The Morgan fingerprint density at radius 2 is 0.691 bits per heavy atom. The number of phenolic OH excluding ortho intramolecular Hbond substituents is 2. The molecule has 0 saturated heterocycles. The molecule has 0 spiro atoms. The van der Waals surface area contributed by atoms with E-state index >= 15 is 8.78 Å². The van der Waals surface area contributed by atoms with Gasteiger partial charge in [-0.15, -0.1) is 0 Å². The number of hydrogen-bond donors (Lipinski definition) is 2. The van der Waals surface area contributed by atoms with Crippen molar-refractivity contribution in [3.05, 3.63) is 177 Å². The molecule has 498 valence electrons. The second-order valence-electron chi connectivity index (χ2n) is 35.4. The molecule has 1 atom stereocenters. The van der Waals surface area contributed by atoms with E-state index in [4.69, 9.17) is 9.47 Å². The first-order valence-corrected chi connectivity index (χ1v) is 34.1. The molecule has 2 N–H and O–H groups in total. The summed E-state index contributed by atoms with van der Waals surface area (Å²) in [5.41, 5.74) is 13.2. The van der Waals surface area contributed by atoms with Crippen molar-refractivity contribution in [2.24, 2.45) is 10.8 Å². The standard InChI is InChI=1S/C86H106F2N2O4/c1-50-36-59(87)46-67(65-38-57(85(22,23)48-79(4,5)6)44-73(75(65)91)89-69-40-53(81(10,11)12)26-30-61(69)62-31-27-54(41-70(62)89)82(13,14)15)77(50)93-35-34-52(3)94-78-51(2)37-60(88)47-68(78)66-39-58(86(24,25)49-80(7,8)9)45-74(76(66)92)90-71-42-55(83(16,17)18)28-32-63(71)64-33-29-56(43-72(64)90)84(19,20)21/h26-33,36-47,52,91-92H,34-35,48-49H2,1-25H3/t52-/m1/s1. The van der Waals surface area contributed by atoms with Crippen molar-refractivity contribution in [1.29, 1.82) is 0 Å².